The Morgan fingerprint density at radius 1 is 0.900 bits per heavy atom. The number of nitrogens with zero attached hydrogens (tertiary/aromatic N) is 2. The van der Waals surface area contributed by atoms with Crippen molar-refractivity contribution in [3.05, 3.63) is 29.3 Å². The van der Waals surface area contributed by atoms with E-state index in [1.165, 1.54) is 0 Å². The van der Waals surface area contributed by atoms with Gasteiger partial charge in [0.25, 0.3) is 0 Å². The van der Waals surface area contributed by atoms with Crippen LogP contribution < -0.4 is 27.7 Å². The van der Waals surface area contributed by atoms with Gasteiger partial charge < -0.3 is 27.7 Å². The molecule has 0 amide bonds. The number of hydrogen-bond acceptors (Lipinski definition) is 3. The third kappa shape index (κ3) is 7.55. The SMILES string of the molecule is COc1cc(CN=C(N)N)cc(CN=C(N)N)c1.Cl.Cl. The highest BCUT2D eigenvalue weighted by Gasteiger charge is 2.01. The van der Waals surface area contributed by atoms with Gasteiger partial charge in [-0.25, -0.2) is 9.98 Å². The highest BCUT2D eigenvalue weighted by atomic mass is 35.5. The van der Waals surface area contributed by atoms with Crippen molar-refractivity contribution in [3.63, 3.8) is 0 Å². The van der Waals surface area contributed by atoms with Gasteiger partial charge in [0.1, 0.15) is 5.75 Å². The summed E-state index contributed by atoms with van der Waals surface area (Å²) < 4.78 is 5.19. The van der Waals surface area contributed by atoms with Crippen LogP contribution in [0.1, 0.15) is 11.1 Å². The maximum atomic E-state index is 5.29. The van der Waals surface area contributed by atoms with Crippen LogP contribution in [0.3, 0.4) is 0 Å². The van der Waals surface area contributed by atoms with Crippen molar-refractivity contribution in [1.82, 2.24) is 0 Å². The van der Waals surface area contributed by atoms with Gasteiger partial charge in [0.2, 0.25) is 0 Å². The van der Waals surface area contributed by atoms with Crippen LogP contribution in [0, 0.1) is 0 Å². The van der Waals surface area contributed by atoms with Gasteiger partial charge in [-0.3, -0.25) is 0 Å². The summed E-state index contributed by atoms with van der Waals surface area (Å²) in [6.07, 6.45) is 0. The molecule has 7 nitrogen and oxygen atoms in total. The second-order valence-corrected chi connectivity index (χ2v) is 3.67. The maximum Gasteiger partial charge on any atom is 0.186 e. The number of methoxy groups -OCH3 is 1. The van der Waals surface area contributed by atoms with Gasteiger partial charge in [-0.05, 0) is 23.3 Å². The van der Waals surface area contributed by atoms with Crippen LogP contribution in [-0.2, 0) is 13.1 Å². The number of nitrogens with two attached hydrogens (primary N) is 4. The second-order valence-electron chi connectivity index (χ2n) is 3.67. The van der Waals surface area contributed by atoms with Crippen LogP contribution in [0.25, 0.3) is 0 Å². The molecule has 8 N–H and O–H groups in total. The van der Waals surface area contributed by atoms with Gasteiger partial charge in [-0.2, -0.15) is 0 Å². The molecule has 1 rings (SSSR count). The molecule has 20 heavy (non-hydrogen) atoms. The molecule has 0 fully saturated rings. The van der Waals surface area contributed by atoms with Gasteiger partial charge in [0.15, 0.2) is 11.9 Å². The van der Waals surface area contributed by atoms with Crippen LogP contribution in [-0.4, -0.2) is 19.0 Å². The largest absolute Gasteiger partial charge is 0.497 e. The van der Waals surface area contributed by atoms with E-state index in [-0.39, 0.29) is 36.7 Å². The molecular weight excluding hydrogens is 303 g/mol. The first-order valence-corrected chi connectivity index (χ1v) is 5.29. The molecule has 1 aromatic rings. The van der Waals surface area contributed by atoms with E-state index < -0.39 is 0 Å². The number of benzene rings is 1. The van der Waals surface area contributed by atoms with Crippen molar-refractivity contribution in [1.29, 1.82) is 0 Å². The highest BCUT2D eigenvalue weighted by Crippen LogP contribution is 2.18. The Bertz CT molecular complexity index is 432. The van der Waals surface area contributed by atoms with E-state index in [9.17, 15) is 0 Å². The molecule has 0 unspecified atom stereocenters. The number of ether oxygens (including phenoxy) is 1. The molecule has 0 saturated carbocycles. The zero-order valence-corrected chi connectivity index (χ0v) is 12.7. The van der Waals surface area contributed by atoms with Crippen LogP contribution in [0.5, 0.6) is 5.75 Å². The topological polar surface area (TPSA) is 138 Å². The quantitative estimate of drug-likeness (QED) is 0.449. The fourth-order valence-electron chi connectivity index (χ4n) is 1.39. The molecule has 0 aliphatic rings. The third-order valence-electron chi connectivity index (χ3n) is 2.15. The van der Waals surface area contributed by atoms with Crippen molar-refractivity contribution in [2.24, 2.45) is 32.9 Å². The number of guanidine groups is 2. The lowest BCUT2D eigenvalue weighted by molar-refractivity contribution is 0.413. The number of aliphatic imine (C=N–C) groups is 2. The van der Waals surface area contributed by atoms with E-state index in [0.717, 1.165) is 11.1 Å². The molecule has 0 heterocycles. The van der Waals surface area contributed by atoms with Gasteiger partial charge in [0, 0.05) is 0 Å². The zero-order valence-electron chi connectivity index (χ0n) is 11.1. The van der Waals surface area contributed by atoms with Crippen LogP contribution in [0.15, 0.2) is 28.2 Å². The molecule has 114 valence electrons. The zero-order chi connectivity index (χ0) is 13.5. The molecular formula is C11H20Cl2N6O. The summed E-state index contributed by atoms with van der Waals surface area (Å²) in [4.78, 5) is 7.88. The van der Waals surface area contributed by atoms with Crippen LogP contribution in [0.2, 0.25) is 0 Å². The summed E-state index contributed by atoms with van der Waals surface area (Å²) in [6.45, 7) is 0.767. The average molecular weight is 323 g/mol. The molecule has 0 bridgehead atoms. The first-order valence-electron chi connectivity index (χ1n) is 5.29. The van der Waals surface area contributed by atoms with Crippen molar-refractivity contribution in [2.75, 3.05) is 7.11 Å². The number of rotatable bonds is 5. The average Bonchev–Trinajstić information content (AvgIpc) is 2.33. The highest BCUT2D eigenvalue weighted by molar-refractivity contribution is 5.85. The monoisotopic (exact) mass is 322 g/mol. The standard InChI is InChI=1S/C11H18N6O.2ClH/c1-18-9-3-7(5-16-10(12)13)2-8(4-9)6-17-11(14)15;;/h2-4H,5-6H2,1H3,(H4,12,13,16)(H4,14,15,17);2*1H. The number of hydrogen-bond donors (Lipinski definition) is 4. The third-order valence-corrected chi connectivity index (χ3v) is 2.15. The van der Waals surface area contributed by atoms with Crippen LogP contribution in [0.4, 0.5) is 0 Å². The summed E-state index contributed by atoms with van der Waals surface area (Å²) in [6, 6.07) is 5.62. The first-order chi connectivity index (χ1) is 8.51. The van der Waals surface area contributed by atoms with Gasteiger partial charge >= 0.3 is 0 Å². The molecule has 1 aromatic carbocycles. The number of halogens is 2. The van der Waals surface area contributed by atoms with E-state index in [1.54, 1.807) is 7.11 Å². The minimum absolute atomic E-state index is 0. The van der Waals surface area contributed by atoms with Crippen molar-refractivity contribution >= 4 is 36.7 Å². The summed E-state index contributed by atoms with van der Waals surface area (Å²) in [5, 5.41) is 0. The summed E-state index contributed by atoms with van der Waals surface area (Å²) >= 11 is 0. The molecule has 0 aromatic heterocycles. The fraction of sp³-hybridized carbons (Fsp3) is 0.273. The first kappa shape index (κ1) is 20.5. The smallest absolute Gasteiger partial charge is 0.186 e. The van der Waals surface area contributed by atoms with E-state index in [2.05, 4.69) is 9.98 Å². The van der Waals surface area contributed by atoms with E-state index >= 15 is 0 Å². The lowest BCUT2D eigenvalue weighted by atomic mass is 10.1. The lowest BCUT2D eigenvalue weighted by Gasteiger charge is -2.06. The molecule has 0 atom stereocenters. The van der Waals surface area contributed by atoms with Gasteiger partial charge in [-0.15, -0.1) is 24.8 Å². The predicted molar refractivity (Wildman–Crippen MR) is 86.5 cm³/mol. The Morgan fingerprint density at radius 3 is 1.60 bits per heavy atom. The normalized spacial score (nSPS) is 8.65. The van der Waals surface area contributed by atoms with Crippen molar-refractivity contribution < 1.29 is 4.74 Å². The van der Waals surface area contributed by atoms with Crippen molar-refractivity contribution in [3.8, 4) is 5.75 Å². The molecule has 0 saturated heterocycles. The van der Waals surface area contributed by atoms with Gasteiger partial charge in [0.05, 0.1) is 20.2 Å². The summed E-state index contributed by atoms with van der Waals surface area (Å²) in [5.74, 6) is 0.797. The Hall–Kier alpha value is -1.86. The van der Waals surface area contributed by atoms with Gasteiger partial charge in [-0.1, -0.05) is 6.07 Å². The molecule has 0 spiro atoms. The van der Waals surface area contributed by atoms with E-state index in [0.29, 0.717) is 18.8 Å². The van der Waals surface area contributed by atoms with Crippen LogP contribution >= 0.6 is 24.8 Å². The minimum atomic E-state index is 0. The predicted octanol–water partition coefficient (Wildman–Crippen LogP) is 0.0856. The van der Waals surface area contributed by atoms with E-state index in [1.807, 2.05) is 18.2 Å². The molecule has 0 aliphatic carbocycles. The molecule has 0 radical (unpaired) electrons. The Balaban J connectivity index is 0. The molecule has 9 heteroatoms. The minimum Gasteiger partial charge on any atom is -0.497 e. The van der Waals surface area contributed by atoms with Crippen molar-refractivity contribution in [2.45, 2.75) is 13.1 Å². The Kier molecular flexibility index (Phi) is 10.2. The summed E-state index contributed by atoms with van der Waals surface area (Å²) in [5.41, 5.74) is 23.0. The Morgan fingerprint density at radius 2 is 1.30 bits per heavy atom. The summed E-state index contributed by atoms with van der Waals surface area (Å²) in [7, 11) is 1.59. The van der Waals surface area contributed by atoms with E-state index in [4.69, 9.17) is 27.7 Å². The fourth-order valence-corrected chi connectivity index (χ4v) is 1.39. The molecule has 0 aliphatic heterocycles. The maximum absolute atomic E-state index is 5.29. The second kappa shape index (κ2) is 9.99. The lowest BCUT2D eigenvalue weighted by Crippen LogP contribution is -2.22. The Labute approximate surface area is 130 Å².